The second-order valence-electron chi connectivity index (χ2n) is 5.28. The Morgan fingerprint density at radius 3 is 2.90 bits per heavy atom. The van der Waals surface area contributed by atoms with Crippen LogP contribution in [-0.4, -0.2) is 21.2 Å². The number of fused-ring (bicyclic) bond motifs is 1. The number of carbonyl (C=O) groups is 1. The molecule has 2 aromatic rings. The molecule has 104 valence electrons. The van der Waals surface area contributed by atoms with E-state index in [0.717, 1.165) is 29.5 Å². The summed E-state index contributed by atoms with van der Waals surface area (Å²) in [5.41, 5.74) is 4.51. The zero-order valence-corrected chi connectivity index (χ0v) is 11.5. The van der Waals surface area contributed by atoms with E-state index in [1.165, 1.54) is 5.56 Å². The molecule has 0 amide bonds. The van der Waals surface area contributed by atoms with Crippen LogP contribution in [0.5, 0.6) is 0 Å². The maximum absolute atomic E-state index is 10.9. The van der Waals surface area contributed by atoms with Gasteiger partial charge in [-0.2, -0.15) is 4.98 Å². The van der Waals surface area contributed by atoms with Crippen LogP contribution >= 0.6 is 0 Å². The van der Waals surface area contributed by atoms with Crippen LogP contribution in [0.3, 0.4) is 0 Å². The van der Waals surface area contributed by atoms with Gasteiger partial charge in [-0.15, -0.1) is 0 Å². The molecule has 1 aromatic carbocycles. The Balaban J connectivity index is 2.01. The lowest BCUT2D eigenvalue weighted by Gasteiger charge is -2.11. The van der Waals surface area contributed by atoms with Crippen molar-refractivity contribution in [3.05, 3.63) is 34.7 Å². The maximum atomic E-state index is 10.9. The average molecular weight is 272 g/mol. The molecule has 1 atom stereocenters. The number of nitrogens with zero attached hydrogens (tertiary/aromatic N) is 2. The number of aromatic nitrogens is 2. The van der Waals surface area contributed by atoms with Crippen molar-refractivity contribution in [1.29, 1.82) is 0 Å². The second kappa shape index (κ2) is 4.74. The van der Waals surface area contributed by atoms with Crippen LogP contribution in [0.1, 0.15) is 41.3 Å². The first-order valence-corrected chi connectivity index (χ1v) is 6.71. The molecule has 5 heteroatoms. The number of hydrogen-bond donors (Lipinski definition) is 1. The van der Waals surface area contributed by atoms with Gasteiger partial charge in [-0.25, -0.2) is 0 Å². The minimum Gasteiger partial charge on any atom is -0.481 e. The first-order chi connectivity index (χ1) is 9.56. The second-order valence-corrected chi connectivity index (χ2v) is 5.28. The number of aliphatic carboxylic acids is 1. The molecule has 5 nitrogen and oxygen atoms in total. The van der Waals surface area contributed by atoms with Gasteiger partial charge in [0.15, 0.2) is 0 Å². The molecule has 0 bridgehead atoms. The quantitative estimate of drug-likeness (QED) is 0.929. The molecule has 0 aliphatic heterocycles. The van der Waals surface area contributed by atoms with Gasteiger partial charge in [-0.3, -0.25) is 4.79 Å². The highest BCUT2D eigenvalue weighted by Crippen LogP contribution is 2.39. The molecule has 1 aromatic heterocycles. The highest BCUT2D eigenvalue weighted by atomic mass is 16.5. The molecular weight excluding hydrogens is 256 g/mol. The van der Waals surface area contributed by atoms with E-state index in [0.29, 0.717) is 11.7 Å². The Morgan fingerprint density at radius 1 is 1.45 bits per heavy atom. The number of aryl methyl sites for hydroxylation is 1. The fourth-order valence-electron chi connectivity index (χ4n) is 3.04. The zero-order valence-electron chi connectivity index (χ0n) is 11.5. The van der Waals surface area contributed by atoms with Gasteiger partial charge in [0.25, 0.3) is 0 Å². The van der Waals surface area contributed by atoms with Crippen LogP contribution in [0.25, 0.3) is 11.4 Å². The van der Waals surface area contributed by atoms with E-state index in [-0.39, 0.29) is 12.3 Å². The summed E-state index contributed by atoms with van der Waals surface area (Å²) >= 11 is 0. The summed E-state index contributed by atoms with van der Waals surface area (Å²) in [6, 6.07) is 3.99. The molecular formula is C15H16N2O3. The molecule has 0 fully saturated rings. The fraction of sp³-hybridized carbons (Fsp3) is 0.400. The van der Waals surface area contributed by atoms with E-state index >= 15 is 0 Å². The van der Waals surface area contributed by atoms with Gasteiger partial charge in [0.1, 0.15) is 0 Å². The van der Waals surface area contributed by atoms with Gasteiger partial charge in [-0.05, 0) is 42.4 Å². The molecule has 1 aliphatic carbocycles. The largest absolute Gasteiger partial charge is 0.481 e. The van der Waals surface area contributed by atoms with Crippen molar-refractivity contribution in [1.82, 2.24) is 10.1 Å². The summed E-state index contributed by atoms with van der Waals surface area (Å²) < 4.78 is 5.03. The number of carboxylic acids is 1. The smallest absolute Gasteiger partial charge is 0.303 e. The molecule has 1 aliphatic rings. The Kier molecular flexibility index (Phi) is 3.04. The topological polar surface area (TPSA) is 76.2 Å². The zero-order chi connectivity index (χ0) is 14.3. The Bertz CT molecular complexity index is 676. The molecule has 1 unspecified atom stereocenters. The summed E-state index contributed by atoms with van der Waals surface area (Å²) in [5.74, 6) is 0.536. The van der Waals surface area contributed by atoms with Gasteiger partial charge in [-0.1, -0.05) is 17.3 Å². The third kappa shape index (κ3) is 2.09. The lowest BCUT2D eigenvalue weighted by molar-refractivity contribution is -0.137. The third-order valence-corrected chi connectivity index (χ3v) is 4.01. The Hall–Kier alpha value is -2.17. The summed E-state index contributed by atoms with van der Waals surface area (Å²) in [6.07, 6.45) is 2.02. The van der Waals surface area contributed by atoms with Crippen molar-refractivity contribution in [3.63, 3.8) is 0 Å². The van der Waals surface area contributed by atoms with Crippen molar-refractivity contribution in [3.8, 4) is 11.4 Å². The van der Waals surface area contributed by atoms with E-state index < -0.39 is 5.97 Å². The third-order valence-electron chi connectivity index (χ3n) is 4.01. The van der Waals surface area contributed by atoms with Gasteiger partial charge < -0.3 is 9.63 Å². The van der Waals surface area contributed by atoms with Crippen molar-refractivity contribution in [2.45, 2.75) is 39.0 Å². The lowest BCUT2D eigenvalue weighted by atomic mass is 9.93. The van der Waals surface area contributed by atoms with Crippen LogP contribution < -0.4 is 0 Å². The molecule has 1 N–H and O–H groups in total. The van der Waals surface area contributed by atoms with Crippen LogP contribution in [0, 0.1) is 13.8 Å². The van der Waals surface area contributed by atoms with Crippen LogP contribution in [0.2, 0.25) is 0 Å². The summed E-state index contributed by atoms with van der Waals surface area (Å²) in [4.78, 5) is 15.2. The molecule has 20 heavy (non-hydrogen) atoms. The van der Waals surface area contributed by atoms with Crippen LogP contribution in [0.4, 0.5) is 0 Å². The minimum atomic E-state index is -0.738. The number of benzene rings is 1. The molecule has 3 rings (SSSR count). The van der Waals surface area contributed by atoms with Crippen LogP contribution in [-0.2, 0) is 11.2 Å². The van der Waals surface area contributed by atoms with Crippen molar-refractivity contribution in [2.24, 2.45) is 0 Å². The van der Waals surface area contributed by atoms with Crippen molar-refractivity contribution < 1.29 is 14.4 Å². The Morgan fingerprint density at radius 2 is 2.25 bits per heavy atom. The first-order valence-electron chi connectivity index (χ1n) is 6.71. The molecule has 0 radical (unpaired) electrons. The standard InChI is InChI=1S/C15H16N2O3/c1-8-11-4-3-10(7-14(18)19)13(11)6-5-12(8)15-16-9(2)20-17-15/h5-6,10H,3-4,7H2,1-2H3,(H,18,19). The highest BCUT2D eigenvalue weighted by Gasteiger charge is 2.27. The normalized spacial score (nSPS) is 17.2. The Labute approximate surface area is 116 Å². The van der Waals surface area contributed by atoms with E-state index in [9.17, 15) is 4.79 Å². The molecule has 1 heterocycles. The van der Waals surface area contributed by atoms with Gasteiger partial charge in [0.05, 0.1) is 6.42 Å². The van der Waals surface area contributed by atoms with Gasteiger partial charge in [0.2, 0.25) is 11.7 Å². The van der Waals surface area contributed by atoms with E-state index in [4.69, 9.17) is 9.63 Å². The fourth-order valence-corrected chi connectivity index (χ4v) is 3.04. The first kappa shape index (κ1) is 12.8. The average Bonchev–Trinajstić information content (AvgIpc) is 2.97. The van der Waals surface area contributed by atoms with Crippen molar-refractivity contribution >= 4 is 5.97 Å². The number of carboxylic acid groups (broad SMARTS) is 1. The van der Waals surface area contributed by atoms with E-state index in [1.54, 1.807) is 6.92 Å². The number of rotatable bonds is 3. The highest BCUT2D eigenvalue weighted by molar-refractivity contribution is 5.70. The summed E-state index contributed by atoms with van der Waals surface area (Å²) in [6.45, 7) is 3.81. The minimum absolute atomic E-state index is 0.127. The predicted molar refractivity (Wildman–Crippen MR) is 72.5 cm³/mol. The van der Waals surface area contributed by atoms with E-state index in [2.05, 4.69) is 10.1 Å². The summed E-state index contributed by atoms with van der Waals surface area (Å²) in [7, 11) is 0. The molecule has 0 saturated carbocycles. The van der Waals surface area contributed by atoms with Crippen LogP contribution in [0.15, 0.2) is 16.7 Å². The SMILES string of the molecule is Cc1nc(-c2ccc3c(c2C)CCC3CC(=O)O)no1. The monoisotopic (exact) mass is 272 g/mol. The molecule has 0 spiro atoms. The number of hydrogen-bond acceptors (Lipinski definition) is 4. The van der Waals surface area contributed by atoms with Crippen molar-refractivity contribution in [2.75, 3.05) is 0 Å². The molecule has 0 saturated heterocycles. The van der Waals surface area contributed by atoms with Gasteiger partial charge >= 0.3 is 5.97 Å². The maximum Gasteiger partial charge on any atom is 0.303 e. The van der Waals surface area contributed by atoms with E-state index in [1.807, 2.05) is 19.1 Å². The summed E-state index contributed by atoms with van der Waals surface area (Å²) in [5, 5.41) is 12.9. The lowest BCUT2D eigenvalue weighted by Crippen LogP contribution is -2.03. The predicted octanol–water partition coefficient (Wildman–Crippen LogP) is 2.86. The van der Waals surface area contributed by atoms with Gasteiger partial charge in [0, 0.05) is 12.5 Å².